The van der Waals surface area contributed by atoms with Crippen LogP contribution in [0.2, 0.25) is 0 Å². The summed E-state index contributed by atoms with van der Waals surface area (Å²) in [6.07, 6.45) is 1.35. The highest BCUT2D eigenvalue weighted by Gasteiger charge is 2.25. The standard InChI is InChI=1S/C18H29N3O3/c1-7-13(3)21(14(4)8-2)18(23)24-16-11-9-10-15(12-16)19-17(22)20(5)6/h9-14H,7-8H2,1-6H3,(H,19,22). The third kappa shape index (κ3) is 5.44. The number of carbonyl (C=O) groups is 2. The Morgan fingerprint density at radius 3 is 2.21 bits per heavy atom. The van der Waals surface area contributed by atoms with Crippen LogP contribution in [0.1, 0.15) is 40.5 Å². The summed E-state index contributed by atoms with van der Waals surface area (Å²) in [6.45, 7) is 8.12. The van der Waals surface area contributed by atoms with Crippen molar-refractivity contribution in [1.82, 2.24) is 9.80 Å². The number of carbonyl (C=O) groups excluding carboxylic acids is 2. The molecule has 0 spiro atoms. The minimum Gasteiger partial charge on any atom is -0.410 e. The summed E-state index contributed by atoms with van der Waals surface area (Å²) in [5.74, 6) is 0.410. The summed E-state index contributed by atoms with van der Waals surface area (Å²) in [5.41, 5.74) is 0.581. The molecule has 0 saturated heterocycles. The molecule has 0 aromatic heterocycles. The van der Waals surface area contributed by atoms with Gasteiger partial charge in [0.15, 0.2) is 0 Å². The van der Waals surface area contributed by atoms with E-state index in [0.29, 0.717) is 11.4 Å². The van der Waals surface area contributed by atoms with Crippen LogP contribution in [0.3, 0.4) is 0 Å². The number of nitrogens with one attached hydrogen (secondary N) is 1. The third-order valence-corrected chi connectivity index (χ3v) is 4.04. The maximum absolute atomic E-state index is 12.6. The molecule has 0 heterocycles. The van der Waals surface area contributed by atoms with Gasteiger partial charge in [0.05, 0.1) is 0 Å². The average Bonchev–Trinajstić information content (AvgIpc) is 2.54. The topological polar surface area (TPSA) is 61.9 Å². The quantitative estimate of drug-likeness (QED) is 0.848. The summed E-state index contributed by atoms with van der Waals surface area (Å²) < 4.78 is 5.53. The zero-order valence-corrected chi connectivity index (χ0v) is 15.5. The fraction of sp³-hybridized carbons (Fsp3) is 0.556. The SMILES string of the molecule is CCC(C)N(C(=O)Oc1cccc(NC(=O)N(C)C)c1)C(C)CC. The van der Waals surface area contributed by atoms with E-state index in [1.54, 1.807) is 43.3 Å². The van der Waals surface area contributed by atoms with Gasteiger partial charge in [0.2, 0.25) is 0 Å². The first-order chi connectivity index (χ1) is 11.3. The van der Waals surface area contributed by atoms with Crippen molar-refractivity contribution < 1.29 is 14.3 Å². The molecule has 134 valence electrons. The minimum atomic E-state index is -0.366. The summed E-state index contributed by atoms with van der Waals surface area (Å²) in [5, 5.41) is 2.73. The van der Waals surface area contributed by atoms with E-state index in [9.17, 15) is 9.59 Å². The van der Waals surface area contributed by atoms with E-state index < -0.39 is 0 Å². The molecule has 0 aliphatic heterocycles. The fourth-order valence-electron chi connectivity index (χ4n) is 2.21. The summed E-state index contributed by atoms with van der Waals surface area (Å²) in [7, 11) is 3.32. The van der Waals surface area contributed by atoms with Crippen LogP contribution in [0, 0.1) is 0 Å². The van der Waals surface area contributed by atoms with Crippen molar-refractivity contribution in [2.75, 3.05) is 19.4 Å². The Hall–Kier alpha value is -2.24. The zero-order valence-electron chi connectivity index (χ0n) is 15.5. The predicted octanol–water partition coefficient (Wildman–Crippen LogP) is 4.18. The van der Waals surface area contributed by atoms with E-state index in [1.165, 1.54) is 4.90 Å². The van der Waals surface area contributed by atoms with Gasteiger partial charge in [-0.1, -0.05) is 19.9 Å². The van der Waals surface area contributed by atoms with Gasteiger partial charge in [-0.25, -0.2) is 9.59 Å². The number of ether oxygens (including phenoxy) is 1. The van der Waals surface area contributed by atoms with Crippen molar-refractivity contribution in [2.24, 2.45) is 0 Å². The van der Waals surface area contributed by atoms with Crippen LogP contribution >= 0.6 is 0 Å². The maximum Gasteiger partial charge on any atom is 0.415 e. The van der Waals surface area contributed by atoms with Gasteiger partial charge in [-0.15, -0.1) is 0 Å². The first-order valence-corrected chi connectivity index (χ1v) is 8.38. The first kappa shape index (κ1) is 19.8. The van der Waals surface area contributed by atoms with Crippen molar-refractivity contribution >= 4 is 17.8 Å². The Morgan fingerprint density at radius 2 is 1.71 bits per heavy atom. The van der Waals surface area contributed by atoms with E-state index in [1.807, 2.05) is 27.7 Å². The normalized spacial score (nSPS) is 12.9. The number of nitrogens with zero attached hydrogens (tertiary/aromatic N) is 2. The molecule has 3 amide bonds. The number of urea groups is 1. The zero-order chi connectivity index (χ0) is 18.3. The van der Waals surface area contributed by atoms with E-state index in [0.717, 1.165) is 12.8 Å². The molecule has 2 atom stereocenters. The second kappa shape index (κ2) is 9.15. The van der Waals surface area contributed by atoms with Crippen molar-refractivity contribution in [2.45, 2.75) is 52.6 Å². The van der Waals surface area contributed by atoms with Gasteiger partial charge in [-0.3, -0.25) is 0 Å². The number of rotatable bonds is 6. The number of anilines is 1. The average molecular weight is 335 g/mol. The molecule has 1 rings (SSSR count). The first-order valence-electron chi connectivity index (χ1n) is 8.38. The largest absolute Gasteiger partial charge is 0.415 e. The van der Waals surface area contributed by atoms with Crippen LogP contribution in [0.15, 0.2) is 24.3 Å². The molecule has 0 saturated carbocycles. The lowest BCUT2D eigenvalue weighted by atomic mass is 10.1. The molecule has 2 unspecified atom stereocenters. The van der Waals surface area contributed by atoms with Gasteiger partial charge in [-0.2, -0.15) is 0 Å². The van der Waals surface area contributed by atoms with Crippen LogP contribution in [-0.2, 0) is 0 Å². The Bertz CT molecular complexity index is 550. The minimum absolute atomic E-state index is 0.101. The predicted molar refractivity (Wildman–Crippen MR) is 96.5 cm³/mol. The highest BCUT2D eigenvalue weighted by molar-refractivity contribution is 5.89. The van der Waals surface area contributed by atoms with Crippen molar-refractivity contribution in [1.29, 1.82) is 0 Å². The van der Waals surface area contributed by atoms with Gasteiger partial charge in [0.1, 0.15) is 5.75 Å². The molecule has 24 heavy (non-hydrogen) atoms. The fourth-order valence-corrected chi connectivity index (χ4v) is 2.21. The lowest BCUT2D eigenvalue weighted by Gasteiger charge is -2.32. The lowest BCUT2D eigenvalue weighted by Crippen LogP contribution is -2.45. The van der Waals surface area contributed by atoms with Crippen LogP contribution in [0.4, 0.5) is 15.3 Å². The van der Waals surface area contributed by atoms with Crippen molar-refractivity contribution in [3.8, 4) is 5.75 Å². The van der Waals surface area contributed by atoms with E-state index in [2.05, 4.69) is 5.32 Å². The van der Waals surface area contributed by atoms with Gasteiger partial charge < -0.3 is 19.9 Å². The molecular weight excluding hydrogens is 306 g/mol. The Kier molecular flexibility index (Phi) is 7.55. The molecule has 1 aromatic carbocycles. The van der Waals surface area contributed by atoms with Gasteiger partial charge in [-0.05, 0) is 38.8 Å². The molecular formula is C18H29N3O3. The number of hydrogen-bond donors (Lipinski definition) is 1. The van der Waals surface area contributed by atoms with E-state index >= 15 is 0 Å². The van der Waals surface area contributed by atoms with Crippen LogP contribution < -0.4 is 10.1 Å². The highest BCUT2D eigenvalue weighted by Crippen LogP contribution is 2.20. The maximum atomic E-state index is 12.6. The molecule has 6 heteroatoms. The third-order valence-electron chi connectivity index (χ3n) is 4.04. The molecule has 0 bridgehead atoms. The Balaban J connectivity index is 2.87. The van der Waals surface area contributed by atoms with Crippen LogP contribution in [0.5, 0.6) is 5.75 Å². The summed E-state index contributed by atoms with van der Waals surface area (Å²) in [4.78, 5) is 27.5. The number of amides is 3. The van der Waals surface area contributed by atoms with E-state index in [4.69, 9.17) is 4.74 Å². The van der Waals surface area contributed by atoms with Crippen LogP contribution in [0.25, 0.3) is 0 Å². The number of hydrogen-bond acceptors (Lipinski definition) is 3. The molecule has 0 fully saturated rings. The van der Waals surface area contributed by atoms with Gasteiger partial charge in [0.25, 0.3) is 0 Å². The van der Waals surface area contributed by atoms with E-state index in [-0.39, 0.29) is 24.2 Å². The number of benzene rings is 1. The molecule has 6 nitrogen and oxygen atoms in total. The Labute approximate surface area is 144 Å². The monoisotopic (exact) mass is 335 g/mol. The molecule has 0 aliphatic rings. The Morgan fingerprint density at radius 1 is 1.12 bits per heavy atom. The molecule has 1 aromatic rings. The highest BCUT2D eigenvalue weighted by atomic mass is 16.6. The summed E-state index contributed by atoms with van der Waals surface area (Å²) >= 11 is 0. The van der Waals surface area contributed by atoms with Gasteiger partial charge in [0, 0.05) is 37.9 Å². The van der Waals surface area contributed by atoms with Crippen molar-refractivity contribution in [3.05, 3.63) is 24.3 Å². The van der Waals surface area contributed by atoms with Gasteiger partial charge >= 0.3 is 12.1 Å². The van der Waals surface area contributed by atoms with Crippen LogP contribution in [-0.4, -0.2) is 48.1 Å². The molecule has 0 aliphatic carbocycles. The lowest BCUT2D eigenvalue weighted by molar-refractivity contribution is 0.111. The molecule has 1 N–H and O–H groups in total. The van der Waals surface area contributed by atoms with Crippen molar-refractivity contribution in [3.63, 3.8) is 0 Å². The second-order valence-electron chi connectivity index (χ2n) is 6.14. The summed E-state index contributed by atoms with van der Waals surface area (Å²) in [6, 6.07) is 6.80. The molecule has 0 radical (unpaired) electrons. The second-order valence-corrected chi connectivity index (χ2v) is 6.14. The smallest absolute Gasteiger partial charge is 0.410 e.